The largest absolute Gasteiger partial charge is 0.466 e. The summed E-state index contributed by atoms with van der Waals surface area (Å²) >= 11 is 0. The summed E-state index contributed by atoms with van der Waals surface area (Å²) in [6, 6.07) is 0. The molecule has 0 N–H and O–H groups in total. The second-order valence-corrected chi connectivity index (χ2v) is 3.17. The summed E-state index contributed by atoms with van der Waals surface area (Å²) in [6.07, 6.45) is 2.60. The summed E-state index contributed by atoms with van der Waals surface area (Å²) in [5.74, 6) is 0.345. The molecule has 0 fully saturated rings. The second kappa shape index (κ2) is 11.5. The highest BCUT2D eigenvalue weighted by atomic mass is 16.5. The molecule has 0 atom stereocenters. The van der Waals surface area contributed by atoms with Crippen molar-refractivity contribution < 1.29 is 9.53 Å². The molecule has 80 valence electrons. The van der Waals surface area contributed by atoms with Crippen LogP contribution in [0.4, 0.5) is 0 Å². The minimum atomic E-state index is -0.0616. The lowest BCUT2D eigenvalue weighted by molar-refractivity contribution is -0.144. The van der Waals surface area contributed by atoms with E-state index in [-0.39, 0.29) is 5.97 Å². The van der Waals surface area contributed by atoms with E-state index in [0.717, 1.165) is 12.8 Å². The summed E-state index contributed by atoms with van der Waals surface area (Å²) < 4.78 is 4.95. The van der Waals surface area contributed by atoms with Crippen molar-refractivity contribution in [3.63, 3.8) is 0 Å². The quantitative estimate of drug-likeness (QED) is 0.488. The third kappa shape index (κ3) is 14.3. The first-order valence-corrected chi connectivity index (χ1v) is 5.32. The summed E-state index contributed by atoms with van der Waals surface area (Å²) in [6.45, 7) is 10.7. The number of ether oxygens (including phenoxy) is 1. The maximum atomic E-state index is 10.9. The Kier molecular flexibility index (Phi) is 13.2. The molecule has 0 rings (SSSR count). The molecular formula is C11H24O2. The predicted molar refractivity (Wildman–Crippen MR) is 56.7 cm³/mol. The molecule has 0 spiro atoms. The van der Waals surface area contributed by atoms with Gasteiger partial charge in [-0.15, -0.1) is 0 Å². The maximum Gasteiger partial charge on any atom is 0.306 e. The number of rotatable bonds is 5. The average molecular weight is 188 g/mol. The van der Waals surface area contributed by atoms with E-state index in [0.29, 0.717) is 18.9 Å². The van der Waals surface area contributed by atoms with E-state index in [4.69, 9.17) is 4.74 Å². The highest BCUT2D eigenvalue weighted by Crippen LogP contribution is 2.01. The molecule has 0 aliphatic carbocycles. The van der Waals surface area contributed by atoms with Gasteiger partial charge in [0.1, 0.15) is 0 Å². The first-order chi connectivity index (χ1) is 6.16. The number of hydrogen-bond donors (Lipinski definition) is 0. The Hall–Kier alpha value is -0.530. The minimum Gasteiger partial charge on any atom is -0.466 e. The standard InChI is InChI=1S/C9H18O2.C2H6/c1-4-5-6-11-9(10)7-8(2)3;1-2/h8H,4-7H2,1-3H3;1-2H3. The van der Waals surface area contributed by atoms with Crippen molar-refractivity contribution in [3.05, 3.63) is 0 Å². The van der Waals surface area contributed by atoms with Gasteiger partial charge in [-0.05, 0) is 12.3 Å². The predicted octanol–water partition coefficient (Wildman–Crippen LogP) is 3.40. The van der Waals surface area contributed by atoms with E-state index in [1.165, 1.54) is 0 Å². The van der Waals surface area contributed by atoms with Gasteiger partial charge in [0.2, 0.25) is 0 Å². The van der Waals surface area contributed by atoms with Gasteiger partial charge in [0.25, 0.3) is 0 Å². The summed E-state index contributed by atoms with van der Waals surface area (Å²) in [4.78, 5) is 10.9. The average Bonchev–Trinajstić information content (AvgIpc) is 2.07. The molecule has 2 nitrogen and oxygen atoms in total. The zero-order chi connectivity index (χ0) is 10.7. The topological polar surface area (TPSA) is 26.3 Å². The van der Waals surface area contributed by atoms with Crippen LogP contribution in [-0.4, -0.2) is 12.6 Å². The summed E-state index contributed by atoms with van der Waals surface area (Å²) in [5.41, 5.74) is 0. The first-order valence-electron chi connectivity index (χ1n) is 5.32. The monoisotopic (exact) mass is 188 g/mol. The van der Waals surface area contributed by atoms with Gasteiger partial charge in [-0.25, -0.2) is 0 Å². The second-order valence-electron chi connectivity index (χ2n) is 3.17. The van der Waals surface area contributed by atoms with Crippen LogP contribution in [0.3, 0.4) is 0 Å². The van der Waals surface area contributed by atoms with E-state index >= 15 is 0 Å². The van der Waals surface area contributed by atoms with Gasteiger partial charge < -0.3 is 4.74 Å². The van der Waals surface area contributed by atoms with Gasteiger partial charge in [-0.3, -0.25) is 4.79 Å². The Morgan fingerprint density at radius 1 is 1.31 bits per heavy atom. The molecule has 0 aromatic carbocycles. The molecule has 0 unspecified atom stereocenters. The Bertz CT molecular complexity index is 109. The van der Waals surface area contributed by atoms with E-state index in [1.54, 1.807) is 0 Å². The normalized spacial score (nSPS) is 9.08. The maximum absolute atomic E-state index is 10.9. The van der Waals surface area contributed by atoms with Crippen molar-refractivity contribution in [3.8, 4) is 0 Å². The van der Waals surface area contributed by atoms with Crippen LogP contribution in [0.2, 0.25) is 0 Å². The van der Waals surface area contributed by atoms with Gasteiger partial charge >= 0.3 is 5.97 Å². The Labute approximate surface area is 82.7 Å². The van der Waals surface area contributed by atoms with Gasteiger partial charge in [0.15, 0.2) is 0 Å². The third-order valence-corrected chi connectivity index (χ3v) is 1.34. The van der Waals surface area contributed by atoms with Crippen LogP contribution in [0.25, 0.3) is 0 Å². The van der Waals surface area contributed by atoms with Gasteiger partial charge in [0, 0.05) is 6.42 Å². The van der Waals surface area contributed by atoms with Crippen molar-refractivity contribution in [2.75, 3.05) is 6.61 Å². The van der Waals surface area contributed by atoms with Crippen molar-refractivity contribution in [1.82, 2.24) is 0 Å². The zero-order valence-electron chi connectivity index (χ0n) is 9.72. The Morgan fingerprint density at radius 2 is 1.85 bits per heavy atom. The lowest BCUT2D eigenvalue weighted by Crippen LogP contribution is -2.08. The molecule has 0 saturated carbocycles. The lowest BCUT2D eigenvalue weighted by Gasteiger charge is -2.04. The summed E-state index contributed by atoms with van der Waals surface area (Å²) in [7, 11) is 0. The molecule has 0 radical (unpaired) electrons. The third-order valence-electron chi connectivity index (χ3n) is 1.34. The molecule has 13 heavy (non-hydrogen) atoms. The van der Waals surface area contributed by atoms with Gasteiger partial charge in [0.05, 0.1) is 6.61 Å². The molecule has 0 aliphatic heterocycles. The van der Waals surface area contributed by atoms with Crippen LogP contribution in [-0.2, 0) is 9.53 Å². The SMILES string of the molecule is CC.CCCCOC(=O)CC(C)C. The molecule has 0 aliphatic rings. The van der Waals surface area contributed by atoms with Crippen LogP contribution in [0, 0.1) is 5.92 Å². The molecule has 0 heterocycles. The van der Waals surface area contributed by atoms with E-state index in [2.05, 4.69) is 6.92 Å². The fraction of sp³-hybridized carbons (Fsp3) is 0.909. The fourth-order valence-electron chi connectivity index (χ4n) is 0.723. The summed E-state index contributed by atoms with van der Waals surface area (Å²) in [5, 5.41) is 0. The molecule has 0 bridgehead atoms. The Balaban J connectivity index is 0. The fourth-order valence-corrected chi connectivity index (χ4v) is 0.723. The molecular weight excluding hydrogens is 164 g/mol. The molecule has 0 aromatic rings. The van der Waals surface area contributed by atoms with Crippen molar-refractivity contribution >= 4 is 5.97 Å². The minimum absolute atomic E-state index is 0.0616. The number of esters is 1. The van der Waals surface area contributed by atoms with Gasteiger partial charge in [-0.1, -0.05) is 41.0 Å². The zero-order valence-corrected chi connectivity index (χ0v) is 9.72. The Morgan fingerprint density at radius 3 is 2.23 bits per heavy atom. The smallest absolute Gasteiger partial charge is 0.306 e. The number of carbonyl (C=O) groups excluding carboxylic acids is 1. The van der Waals surface area contributed by atoms with Crippen molar-refractivity contribution in [2.45, 2.75) is 53.9 Å². The lowest BCUT2D eigenvalue weighted by atomic mass is 10.1. The molecule has 2 heteroatoms. The van der Waals surface area contributed by atoms with E-state index < -0.39 is 0 Å². The molecule has 0 aromatic heterocycles. The van der Waals surface area contributed by atoms with E-state index in [1.807, 2.05) is 27.7 Å². The number of hydrogen-bond acceptors (Lipinski definition) is 2. The van der Waals surface area contributed by atoms with Crippen molar-refractivity contribution in [1.29, 1.82) is 0 Å². The number of unbranched alkanes of at least 4 members (excludes halogenated alkanes) is 1. The highest BCUT2D eigenvalue weighted by Gasteiger charge is 2.04. The molecule has 0 amide bonds. The van der Waals surface area contributed by atoms with E-state index in [9.17, 15) is 4.79 Å². The van der Waals surface area contributed by atoms with Crippen LogP contribution in [0.1, 0.15) is 53.9 Å². The van der Waals surface area contributed by atoms with Crippen LogP contribution in [0.5, 0.6) is 0 Å². The highest BCUT2D eigenvalue weighted by molar-refractivity contribution is 5.69. The van der Waals surface area contributed by atoms with Gasteiger partial charge in [-0.2, -0.15) is 0 Å². The van der Waals surface area contributed by atoms with Crippen LogP contribution < -0.4 is 0 Å². The van der Waals surface area contributed by atoms with Crippen LogP contribution >= 0.6 is 0 Å². The number of carbonyl (C=O) groups is 1. The van der Waals surface area contributed by atoms with Crippen LogP contribution in [0.15, 0.2) is 0 Å². The first kappa shape index (κ1) is 15.0. The van der Waals surface area contributed by atoms with Crippen molar-refractivity contribution in [2.24, 2.45) is 5.92 Å². The molecule has 0 saturated heterocycles.